The standard InChI is InChI=1S/C13H14N4O/c1-8-3-2-4-11-12(8)18-13(17-11)10(14)5-9-6-15-7-16-9/h2-4,6-7,10H,5,14H2,1H3,(H,15,16). The van der Waals surface area contributed by atoms with Gasteiger partial charge in [-0.15, -0.1) is 0 Å². The first-order valence-electron chi connectivity index (χ1n) is 5.83. The molecule has 3 N–H and O–H groups in total. The SMILES string of the molecule is Cc1cccc2nc(C(N)Cc3cnc[nH]3)oc12. The third-order valence-corrected chi connectivity index (χ3v) is 2.94. The Bertz CT molecular complexity index is 657. The van der Waals surface area contributed by atoms with E-state index in [1.807, 2.05) is 25.1 Å². The van der Waals surface area contributed by atoms with Gasteiger partial charge in [0, 0.05) is 18.3 Å². The lowest BCUT2D eigenvalue weighted by Gasteiger charge is -2.04. The highest BCUT2D eigenvalue weighted by atomic mass is 16.3. The summed E-state index contributed by atoms with van der Waals surface area (Å²) >= 11 is 0. The van der Waals surface area contributed by atoms with Crippen LogP contribution >= 0.6 is 0 Å². The molecular weight excluding hydrogens is 228 g/mol. The van der Waals surface area contributed by atoms with Crippen molar-refractivity contribution in [2.45, 2.75) is 19.4 Å². The topological polar surface area (TPSA) is 80.7 Å². The van der Waals surface area contributed by atoms with Gasteiger partial charge in [0.1, 0.15) is 5.52 Å². The van der Waals surface area contributed by atoms with Crippen molar-refractivity contribution in [3.63, 3.8) is 0 Å². The van der Waals surface area contributed by atoms with Gasteiger partial charge >= 0.3 is 0 Å². The van der Waals surface area contributed by atoms with Crippen molar-refractivity contribution in [3.05, 3.63) is 47.9 Å². The number of nitrogens with one attached hydrogen (secondary N) is 1. The summed E-state index contributed by atoms with van der Waals surface area (Å²) in [4.78, 5) is 11.4. The molecule has 5 heteroatoms. The zero-order valence-corrected chi connectivity index (χ0v) is 10.1. The highest BCUT2D eigenvalue weighted by Crippen LogP contribution is 2.23. The predicted molar refractivity (Wildman–Crippen MR) is 68.0 cm³/mol. The van der Waals surface area contributed by atoms with E-state index >= 15 is 0 Å². The molecule has 18 heavy (non-hydrogen) atoms. The first kappa shape index (κ1) is 11.0. The minimum atomic E-state index is -0.266. The van der Waals surface area contributed by atoms with Crippen LogP contribution in [0, 0.1) is 6.92 Å². The second-order valence-corrected chi connectivity index (χ2v) is 4.36. The lowest BCUT2D eigenvalue weighted by molar-refractivity contribution is 0.471. The zero-order valence-electron chi connectivity index (χ0n) is 10.1. The number of imidazole rings is 1. The third-order valence-electron chi connectivity index (χ3n) is 2.94. The summed E-state index contributed by atoms with van der Waals surface area (Å²) < 4.78 is 5.74. The maximum absolute atomic E-state index is 6.10. The van der Waals surface area contributed by atoms with Crippen molar-refractivity contribution < 1.29 is 4.42 Å². The number of fused-ring (bicyclic) bond motifs is 1. The molecule has 5 nitrogen and oxygen atoms in total. The molecular formula is C13H14N4O. The Labute approximate surface area is 104 Å². The Morgan fingerprint density at radius 1 is 1.44 bits per heavy atom. The van der Waals surface area contributed by atoms with Gasteiger partial charge in [0.05, 0.1) is 12.4 Å². The molecule has 3 aromatic rings. The van der Waals surface area contributed by atoms with E-state index in [0.29, 0.717) is 12.3 Å². The maximum atomic E-state index is 6.10. The van der Waals surface area contributed by atoms with E-state index in [1.165, 1.54) is 0 Å². The summed E-state index contributed by atoms with van der Waals surface area (Å²) in [5, 5.41) is 0. The van der Waals surface area contributed by atoms with Crippen LogP contribution in [0.2, 0.25) is 0 Å². The molecule has 1 unspecified atom stereocenters. The summed E-state index contributed by atoms with van der Waals surface area (Å²) in [6, 6.07) is 5.62. The minimum absolute atomic E-state index is 0.266. The van der Waals surface area contributed by atoms with Gasteiger partial charge in [0.25, 0.3) is 0 Å². The van der Waals surface area contributed by atoms with Gasteiger partial charge in [-0.1, -0.05) is 12.1 Å². The van der Waals surface area contributed by atoms with Gasteiger partial charge in [-0.25, -0.2) is 9.97 Å². The van der Waals surface area contributed by atoms with Crippen molar-refractivity contribution in [3.8, 4) is 0 Å². The van der Waals surface area contributed by atoms with Crippen LogP contribution in [0.4, 0.5) is 0 Å². The fraction of sp³-hybridized carbons (Fsp3) is 0.231. The molecule has 0 aliphatic heterocycles. The Balaban J connectivity index is 1.92. The second-order valence-electron chi connectivity index (χ2n) is 4.36. The predicted octanol–water partition coefficient (Wildman–Crippen LogP) is 2.10. The Morgan fingerprint density at radius 3 is 3.06 bits per heavy atom. The largest absolute Gasteiger partial charge is 0.439 e. The Morgan fingerprint density at radius 2 is 2.33 bits per heavy atom. The molecule has 3 rings (SSSR count). The summed E-state index contributed by atoms with van der Waals surface area (Å²) in [5.74, 6) is 0.564. The second kappa shape index (κ2) is 4.27. The molecule has 0 bridgehead atoms. The van der Waals surface area contributed by atoms with Gasteiger partial charge < -0.3 is 15.1 Å². The van der Waals surface area contributed by atoms with Crippen molar-refractivity contribution in [2.24, 2.45) is 5.73 Å². The van der Waals surface area contributed by atoms with Crippen LogP contribution in [0.15, 0.2) is 35.1 Å². The molecule has 2 heterocycles. The first-order chi connectivity index (χ1) is 8.74. The molecule has 0 spiro atoms. The van der Waals surface area contributed by atoms with E-state index in [1.54, 1.807) is 12.5 Å². The Kier molecular flexibility index (Phi) is 2.60. The number of H-pyrrole nitrogens is 1. The molecule has 92 valence electrons. The van der Waals surface area contributed by atoms with Crippen LogP contribution in [0.3, 0.4) is 0 Å². The smallest absolute Gasteiger partial charge is 0.212 e. The van der Waals surface area contributed by atoms with Crippen molar-refractivity contribution >= 4 is 11.1 Å². The van der Waals surface area contributed by atoms with Gasteiger partial charge in [-0.05, 0) is 18.6 Å². The van der Waals surface area contributed by atoms with E-state index in [-0.39, 0.29) is 6.04 Å². The molecule has 0 saturated heterocycles. The number of aromatic nitrogens is 3. The summed E-state index contributed by atoms with van der Waals surface area (Å²) in [5.41, 5.74) is 9.80. The lowest BCUT2D eigenvalue weighted by Crippen LogP contribution is -2.13. The Hall–Kier alpha value is -2.14. The fourth-order valence-corrected chi connectivity index (χ4v) is 1.98. The summed E-state index contributed by atoms with van der Waals surface area (Å²) in [6.07, 6.45) is 4.03. The number of benzene rings is 1. The van der Waals surface area contributed by atoms with Gasteiger partial charge in [-0.2, -0.15) is 0 Å². The zero-order chi connectivity index (χ0) is 12.5. The van der Waals surface area contributed by atoms with Crippen molar-refractivity contribution in [1.29, 1.82) is 0 Å². The van der Waals surface area contributed by atoms with Crippen LogP contribution in [0.5, 0.6) is 0 Å². The average Bonchev–Trinajstić information content (AvgIpc) is 2.97. The minimum Gasteiger partial charge on any atom is -0.439 e. The lowest BCUT2D eigenvalue weighted by atomic mass is 10.2. The molecule has 0 amide bonds. The van der Waals surface area contributed by atoms with Crippen molar-refractivity contribution in [1.82, 2.24) is 15.0 Å². The van der Waals surface area contributed by atoms with Crippen LogP contribution < -0.4 is 5.73 Å². The van der Waals surface area contributed by atoms with E-state index in [2.05, 4.69) is 15.0 Å². The quantitative estimate of drug-likeness (QED) is 0.737. The molecule has 1 aromatic carbocycles. The van der Waals surface area contributed by atoms with Crippen molar-refractivity contribution in [2.75, 3.05) is 0 Å². The highest BCUT2D eigenvalue weighted by Gasteiger charge is 2.15. The monoisotopic (exact) mass is 242 g/mol. The van der Waals surface area contributed by atoms with Crippen LogP contribution in [0.25, 0.3) is 11.1 Å². The number of aromatic amines is 1. The van der Waals surface area contributed by atoms with Crippen LogP contribution in [0.1, 0.15) is 23.2 Å². The first-order valence-corrected chi connectivity index (χ1v) is 5.83. The van der Waals surface area contributed by atoms with E-state index < -0.39 is 0 Å². The molecule has 0 aliphatic carbocycles. The number of oxazole rings is 1. The van der Waals surface area contributed by atoms with Crippen LogP contribution in [-0.2, 0) is 6.42 Å². The van der Waals surface area contributed by atoms with Gasteiger partial charge in [0.15, 0.2) is 5.58 Å². The number of hydrogen-bond donors (Lipinski definition) is 2. The number of para-hydroxylation sites is 1. The highest BCUT2D eigenvalue weighted by molar-refractivity contribution is 5.76. The number of hydrogen-bond acceptors (Lipinski definition) is 4. The molecule has 0 aliphatic rings. The van der Waals surface area contributed by atoms with Gasteiger partial charge in [0.2, 0.25) is 5.89 Å². The number of aryl methyl sites for hydroxylation is 1. The molecule has 2 aromatic heterocycles. The van der Waals surface area contributed by atoms with E-state index in [4.69, 9.17) is 10.2 Å². The summed E-state index contributed by atoms with van der Waals surface area (Å²) in [6.45, 7) is 2.00. The van der Waals surface area contributed by atoms with Crippen LogP contribution in [-0.4, -0.2) is 15.0 Å². The third kappa shape index (κ3) is 1.89. The van der Waals surface area contributed by atoms with Gasteiger partial charge in [-0.3, -0.25) is 0 Å². The molecule has 0 radical (unpaired) electrons. The molecule has 0 saturated carbocycles. The maximum Gasteiger partial charge on any atom is 0.212 e. The number of rotatable bonds is 3. The molecule has 1 atom stereocenters. The number of nitrogens with two attached hydrogens (primary N) is 1. The van der Waals surface area contributed by atoms with E-state index in [0.717, 1.165) is 22.4 Å². The fourth-order valence-electron chi connectivity index (χ4n) is 1.98. The molecule has 0 fully saturated rings. The average molecular weight is 242 g/mol. The number of nitrogens with zero attached hydrogens (tertiary/aromatic N) is 2. The summed E-state index contributed by atoms with van der Waals surface area (Å²) in [7, 11) is 0. The normalized spacial score (nSPS) is 13.0. The van der Waals surface area contributed by atoms with E-state index in [9.17, 15) is 0 Å².